The average Bonchev–Trinajstić information content (AvgIpc) is 3.77. The number of rotatable bonds is 10. The third kappa shape index (κ3) is 6.19. The Morgan fingerprint density at radius 1 is 1.05 bits per heavy atom. The van der Waals surface area contributed by atoms with Gasteiger partial charge in [0.25, 0.3) is 10.0 Å². The van der Waals surface area contributed by atoms with E-state index in [1.54, 1.807) is 30.1 Å². The molecule has 2 N–H and O–H groups in total. The van der Waals surface area contributed by atoms with Gasteiger partial charge >= 0.3 is 0 Å². The molecule has 0 saturated carbocycles. The van der Waals surface area contributed by atoms with Crippen molar-refractivity contribution in [1.82, 2.24) is 43.8 Å². The van der Waals surface area contributed by atoms with Crippen LogP contribution in [0.25, 0.3) is 33.4 Å². The number of anilines is 2. The molecule has 5 aromatic heterocycles. The van der Waals surface area contributed by atoms with Crippen LogP contribution in [0.5, 0.6) is 0 Å². The summed E-state index contributed by atoms with van der Waals surface area (Å²) in [6.45, 7) is 7.25. The van der Waals surface area contributed by atoms with Crippen molar-refractivity contribution >= 4 is 38.5 Å². The molecule has 0 bridgehead atoms. The van der Waals surface area contributed by atoms with E-state index in [2.05, 4.69) is 60.4 Å². The Morgan fingerprint density at radius 3 is 2.61 bits per heavy atom. The van der Waals surface area contributed by atoms with E-state index in [9.17, 15) is 13.2 Å². The van der Waals surface area contributed by atoms with E-state index in [1.807, 2.05) is 18.5 Å². The van der Waals surface area contributed by atoms with Crippen molar-refractivity contribution in [2.45, 2.75) is 52.2 Å². The lowest BCUT2D eigenvalue weighted by atomic mass is 10.1. The summed E-state index contributed by atoms with van der Waals surface area (Å²) in [5, 5.41) is 15.7. The summed E-state index contributed by atoms with van der Waals surface area (Å²) in [5.74, 6) is 1.27. The van der Waals surface area contributed by atoms with Gasteiger partial charge in [-0.2, -0.15) is 14.3 Å². The molecule has 6 heterocycles. The van der Waals surface area contributed by atoms with Crippen molar-refractivity contribution in [3.8, 4) is 22.5 Å². The van der Waals surface area contributed by atoms with Crippen LogP contribution in [0, 0.1) is 0 Å². The van der Waals surface area contributed by atoms with E-state index in [0.29, 0.717) is 36.2 Å². The summed E-state index contributed by atoms with van der Waals surface area (Å²) >= 11 is 0. The molecule has 1 aliphatic rings. The Balaban J connectivity index is 1.22. The van der Waals surface area contributed by atoms with Crippen LogP contribution >= 0.6 is 0 Å². The number of carbonyl (C=O) groups is 1. The van der Waals surface area contributed by atoms with Gasteiger partial charge in [-0.3, -0.25) is 9.48 Å². The molecule has 0 unspecified atom stereocenters. The van der Waals surface area contributed by atoms with E-state index in [-0.39, 0.29) is 30.3 Å². The van der Waals surface area contributed by atoms with Crippen LogP contribution in [0.4, 0.5) is 11.6 Å². The van der Waals surface area contributed by atoms with Gasteiger partial charge in [0.05, 0.1) is 35.4 Å². The fourth-order valence-corrected chi connectivity index (χ4v) is 5.85. The Labute approximate surface area is 254 Å². The summed E-state index contributed by atoms with van der Waals surface area (Å²) in [5.41, 5.74) is 3.31. The second kappa shape index (κ2) is 12.2. The average molecular weight is 619 g/mol. The number of hydrogen-bond donors (Lipinski definition) is 2. The summed E-state index contributed by atoms with van der Waals surface area (Å²) < 4.78 is 34.4. The number of hydrogen-bond acceptors (Lipinski definition) is 10. The van der Waals surface area contributed by atoms with Crippen molar-refractivity contribution < 1.29 is 17.9 Å². The summed E-state index contributed by atoms with van der Waals surface area (Å²) in [6, 6.07) is 3.98. The second-order valence-corrected chi connectivity index (χ2v) is 13.0. The highest BCUT2D eigenvalue weighted by Crippen LogP contribution is 2.33. The van der Waals surface area contributed by atoms with Crippen LogP contribution in [0.1, 0.15) is 39.7 Å². The topological polar surface area (TPSA) is 164 Å². The molecule has 1 saturated heterocycles. The minimum absolute atomic E-state index is 0.0683. The molecule has 0 radical (unpaired) electrons. The molecule has 6 rings (SSSR count). The van der Waals surface area contributed by atoms with Gasteiger partial charge in [-0.05, 0) is 39.7 Å². The van der Waals surface area contributed by atoms with Crippen LogP contribution in [0.2, 0.25) is 0 Å². The summed E-state index contributed by atoms with van der Waals surface area (Å²) in [6.07, 6.45) is 13.6. The molecule has 0 spiro atoms. The van der Waals surface area contributed by atoms with Crippen molar-refractivity contribution in [1.29, 1.82) is 0 Å². The first-order valence-corrected chi connectivity index (χ1v) is 16.1. The van der Waals surface area contributed by atoms with Gasteiger partial charge in [0, 0.05) is 72.7 Å². The SMILES string of the molecule is CCS(=O)(=O)n1cc(-c2nccc(Nc3cc4c(cn3)c(-c3cnn(CC(=O)NC5CCOCC5)c3)cn4C(C)C)n2)cn1. The lowest BCUT2D eigenvalue weighted by Crippen LogP contribution is -2.40. The molecule has 1 fully saturated rings. The van der Waals surface area contributed by atoms with Gasteiger partial charge < -0.3 is 19.9 Å². The minimum Gasteiger partial charge on any atom is -0.381 e. The van der Waals surface area contributed by atoms with Crippen LogP contribution in [-0.4, -0.2) is 77.8 Å². The molecule has 14 nitrogen and oxygen atoms in total. The first kappa shape index (κ1) is 29.4. The highest BCUT2D eigenvalue weighted by atomic mass is 32.2. The van der Waals surface area contributed by atoms with Crippen molar-refractivity contribution in [2.75, 3.05) is 24.3 Å². The third-order valence-corrected chi connectivity index (χ3v) is 8.99. The molecule has 0 aliphatic carbocycles. The monoisotopic (exact) mass is 618 g/mol. The second-order valence-electron chi connectivity index (χ2n) is 10.9. The number of nitrogens with one attached hydrogen (secondary N) is 2. The fraction of sp³-hybridized carbons (Fsp3) is 0.379. The Morgan fingerprint density at radius 2 is 1.84 bits per heavy atom. The lowest BCUT2D eigenvalue weighted by Gasteiger charge is -2.23. The van der Waals surface area contributed by atoms with Gasteiger partial charge in [-0.25, -0.2) is 23.4 Å². The van der Waals surface area contributed by atoms with E-state index in [1.165, 1.54) is 12.4 Å². The minimum atomic E-state index is -3.51. The van der Waals surface area contributed by atoms with Gasteiger partial charge in [0.2, 0.25) is 5.91 Å². The molecule has 15 heteroatoms. The Hall–Kier alpha value is -4.63. The normalized spacial score (nSPS) is 14.4. The van der Waals surface area contributed by atoms with Crippen molar-refractivity contribution in [3.05, 3.63) is 55.5 Å². The zero-order valence-electron chi connectivity index (χ0n) is 24.7. The number of ether oxygens (including phenoxy) is 1. The number of pyridine rings is 1. The quantitative estimate of drug-likeness (QED) is 0.237. The zero-order chi connectivity index (χ0) is 30.8. The van der Waals surface area contributed by atoms with E-state index in [0.717, 1.165) is 39.0 Å². The Bertz CT molecular complexity index is 1900. The predicted molar refractivity (Wildman–Crippen MR) is 165 cm³/mol. The molecule has 0 atom stereocenters. The largest absolute Gasteiger partial charge is 0.381 e. The van der Waals surface area contributed by atoms with Crippen molar-refractivity contribution in [2.24, 2.45) is 0 Å². The molecule has 1 aliphatic heterocycles. The van der Waals surface area contributed by atoms with Gasteiger partial charge in [0.1, 0.15) is 18.2 Å². The maximum absolute atomic E-state index is 12.6. The first-order valence-electron chi connectivity index (χ1n) is 14.5. The van der Waals surface area contributed by atoms with Gasteiger partial charge in [0.15, 0.2) is 5.82 Å². The molecular weight excluding hydrogens is 584 g/mol. The smallest absolute Gasteiger partial charge is 0.253 e. The predicted octanol–water partition coefficient (Wildman–Crippen LogP) is 3.37. The van der Waals surface area contributed by atoms with Crippen LogP contribution in [0.3, 0.4) is 0 Å². The number of carbonyl (C=O) groups excluding carboxylic acids is 1. The van der Waals surface area contributed by atoms with Crippen LogP contribution in [-0.2, 0) is 26.1 Å². The molecular formula is C29H34N10O4S. The standard InChI is InChI=1S/C29H34N10O4S/c1-4-44(41,42)39-16-21(13-33-39)29-30-8-5-26(36-29)35-27-11-25-23(14-31-27)24(17-38(25)19(2)3)20-12-32-37(15-20)18-28(40)34-22-6-9-43-10-7-22/h5,8,11-17,19,22H,4,6-7,9-10,18H2,1-3H3,(H,34,40)(H,30,31,35,36). The van der Waals surface area contributed by atoms with Gasteiger partial charge in [-0.15, -0.1) is 0 Å². The molecule has 0 aromatic carbocycles. The third-order valence-electron chi connectivity index (χ3n) is 7.49. The number of fused-ring (bicyclic) bond motifs is 1. The van der Waals surface area contributed by atoms with Crippen molar-refractivity contribution in [3.63, 3.8) is 0 Å². The lowest BCUT2D eigenvalue weighted by molar-refractivity contribution is -0.123. The highest BCUT2D eigenvalue weighted by molar-refractivity contribution is 7.89. The number of nitrogens with zero attached hydrogens (tertiary/aromatic N) is 8. The fourth-order valence-electron chi connectivity index (χ4n) is 5.12. The summed E-state index contributed by atoms with van der Waals surface area (Å²) in [7, 11) is -3.51. The molecule has 1 amide bonds. The zero-order valence-corrected chi connectivity index (χ0v) is 25.5. The van der Waals surface area contributed by atoms with E-state index < -0.39 is 10.0 Å². The van der Waals surface area contributed by atoms with E-state index >= 15 is 0 Å². The Kier molecular flexibility index (Phi) is 8.14. The molecule has 44 heavy (non-hydrogen) atoms. The van der Waals surface area contributed by atoms with Gasteiger partial charge in [-0.1, -0.05) is 0 Å². The number of aromatic nitrogens is 8. The van der Waals surface area contributed by atoms with Crippen LogP contribution in [0.15, 0.2) is 55.5 Å². The maximum atomic E-state index is 12.6. The first-order chi connectivity index (χ1) is 21.2. The van der Waals surface area contributed by atoms with E-state index in [4.69, 9.17) is 4.74 Å². The molecule has 230 valence electrons. The highest BCUT2D eigenvalue weighted by Gasteiger charge is 2.19. The molecule has 5 aromatic rings. The van der Waals surface area contributed by atoms with Crippen LogP contribution < -0.4 is 10.6 Å². The summed E-state index contributed by atoms with van der Waals surface area (Å²) in [4.78, 5) is 26.1. The maximum Gasteiger partial charge on any atom is 0.253 e. The number of amides is 1.